The second-order valence-corrected chi connectivity index (χ2v) is 7.42. The minimum atomic E-state index is -4.99. The summed E-state index contributed by atoms with van der Waals surface area (Å²) in [6.45, 7) is 0. The van der Waals surface area contributed by atoms with E-state index in [1.54, 1.807) is 0 Å². The van der Waals surface area contributed by atoms with E-state index < -0.39 is 29.1 Å². The third kappa shape index (κ3) is 2.25. The summed E-state index contributed by atoms with van der Waals surface area (Å²) in [4.78, 5) is 16.8. The van der Waals surface area contributed by atoms with Crippen LogP contribution in [0.2, 0.25) is 0 Å². The van der Waals surface area contributed by atoms with Crippen LogP contribution in [0, 0.1) is 0 Å². The number of rotatable bonds is 3. The summed E-state index contributed by atoms with van der Waals surface area (Å²) in [6, 6.07) is -0.216. The topological polar surface area (TPSA) is 149 Å². The minimum absolute atomic E-state index is 0.941. The molecule has 0 aromatic carbocycles. The quantitative estimate of drug-likeness (QED) is 0.482. The van der Waals surface area contributed by atoms with Crippen molar-refractivity contribution >= 4 is 24.0 Å². The highest BCUT2D eigenvalue weighted by atomic mass is 33.2. The summed E-state index contributed by atoms with van der Waals surface area (Å²) in [7, 11) is -9.88. The highest BCUT2D eigenvalue weighted by molar-refractivity contribution is 8.66. The largest absolute Gasteiger partial charge is 0.351 e. The Balaban J connectivity index is 3.29. The van der Waals surface area contributed by atoms with E-state index in [0.717, 1.165) is 17.1 Å². The Labute approximate surface area is 90.1 Å². The number of amides is 2. The monoisotopic (exact) mass is 266 g/mol. The summed E-state index contributed by atoms with van der Waals surface area (Å²) < 4.78 is 46.3. The molecule has 88 valence electrons. The molecule has 2 amide bonds. The molecule has 0 saturated carbocycles. The molecular formula is C5H6N4O5S2. The third-order valence-electron chi connectivity index (χ3n) is 1.28. The van der Waals surface area contributed by atoms with Gasteiger partial charge in [0.25, 0.3) is 5.16 Å². The average molecular weight is 266 g/mol. The number of carbonyl (C=O) groups excluding carboxylic acids is 1. The fourth-order valence-corrected chi connectivity index (χ4v) is 3.05. The number of hydrogen-bond donors (Lipinski definition) is 2. The lowest BCUT2D eigenvalue weighted by atomic mass is 10.7. The van der Waals surface area contributed by atoms with Crippen molar-refractivity contribution in [2.45, 2.75) is 5.16 Å². The zero-order valence-corrected chi connectivity index (χ0v) is 9.19. The molecule has 0 radical (unpaired) electrons. The molecule has 16 heavy (non-hydrogen) atoms. The maximum Gasteiger partial charge on any atom is 0.350 e. The van der Waals surface area contributed by atoms with Crippen LogP contribution >= 0.6 is 0 Å². The summed E-state index contributed by atoms with van der Waals surface area (Å²) in [5, 5.41) is -0.941. The second-order valence-electron chi connectivity index (χ2n) is 2.41. The molecule has 0 aliphatic rings. The first-order valence-electron chi connectivity index (χ1n) is 3.61. The van der Waals surface area contributed by atoms with Gasteiger partial charge in [-0.1, -0.05) is 0 Å². The van der Waals surface area contributed by atoms with Crippen LogP contribution in [0.4, 0.5) is 4.79 Å². The van der Waals surface area contributed by atoms with Gasteiger partial charge in [-0.3, -0.25) is 0 Å². The second kappa shape index (κ2) is 4.02. The molecule has 0 bridgehead atoms. The SMILES string of the molecule is NC(=O)NS(=O)(=O)S(=O)(=O)c1ncccn1. The summed E-state index contributed by atoms with van der Waals surface area (Å²) in [5.74, 6) is 0. The molecule has 1 aromatic heterocycles. The van der Waals surface area contributed by atoms with Gasteiger partial charge in [-0.25, -0.2) is 27.9 Å². The van der Waals surface area contributed by atoms with Gasteiger partial charge in [0.1, 0.15) is 0 Å². The van der Waals surface area contributed by atoms with Crippen LogP contribution in [0.3, 0.4) is 0 Å². The van der Waals surface area contributed by atoms with Crippen LogP contribution in [-0.4, -0.2) is 32.8 Å². The Morgan fingerprint density at radius 3 is 2.12 bits per heavy atom. The maximum atomic E-state index is 11.4. The van der Waals surface area contributed by atoms with Crippen molar-refractivity contribution in [2.75, 3.05) is 0 Å². The van der Waals surface area contributed by atoms with Crippen molar-refractivity contribution in [3.8, 4) is 0 Å². The van der Waals surface area contributed by atoms with Gasteiger partial charge in [0.15, 0.2) is 0 Å². The Hall–Kier alpha value is -1.75. The molecule has 0 unspecified atom stereocenters. The predicted molar refractivity (Wildman–Crippen MR) is 50.9 cm³/mol. The molecule has 9 nitrogen and oxygen atoms in total. The number of primary amides is 1. The standard InChI is InChI=1S/C5H6N4O5S2/c6-4(10)9-16(13,14)15(11,12)5-7-2-1-3-8-5/h1-3H,(H3,6,9,10). The van der Waals surface area contributed by atoms with Crippen molar-refractivity contribution in [1.82, 2.24) is 14.7 Å². The Morgan fingerprint density at radius 2 is 1.69 bits per heavy atom. The van der Waals surface area contributed by atoms with Crippen LogP contribution in [0.5, 0.6) is 0 Å². The molecule has 0 atom stereocenters. The zero-order chi connectivity index (χ0) is 12.4. The first-order chi connectivity index (χ1) is 7.27. The molecule has 1 heterocycles. The number of aromatic nitrogens is 2. The van der Waals surface area contributed by atoms with E-state index in [-0.39, 0.29) is 0 Å². The third-order valence-corrected chi connectivity index (χ3v) is 5.40. The van der Waals surface area contributed by atoms with Crippen molar-refractivity contribution in [2.24, 2.45) is 5.73 Å². The highest BCUT2D eigenvalue weighted by Gasteiger charge is 2.35. The van der Waals surface area contributed by atoms with Crippen LogP contribution in [0.15, 0.2) is 23.6 Å². The first-order valence-corrected chi connectivity index (χ1v) is 7.10. The van der Waals surface area contributed by atoms with Crippen molar-refractivity contribution in [3.05, 3.63) is 18.5 Å². The lowest BCUT2D eigenvalue weighted by Gasteiger charge is -2.03. The predicted octanol–water partition coefficient (Wildman–Crippen LogP) is -1.84. The van der Waals surface area contributed by atoms with Crippen molar-refractivity contribution in [3.63, 3.8) is 0 Å². The number of nitrogens with two attached hydrogens (primary N) is 1. The van der Waals surface area contributed by atoms with Gasteiger partial charge in [0.2, 0.25) is 0 Å². The number of nitrogens with one attached hydrogen (secondary N) is 1. The summed E-state index contributed by atoms with van der Waals surface area (Å²) in [6.07, 6.45) is 2.08. The summed E-state index contributed by atoms with van der Waals surface area (Å²) >= 11 is 0. The van der Waals surface area contributed by atoms with Gasteiger partial charge >= 0.3 is 24.0 Å². The van der Waals surface area contributed by atoms with Crippen molar-refractivity contribution < 1.29 is 21.6 Å². The van der Waals surface area contributed by atoms with E-state index in [0.29, 0.717) is 0 Å². The summed E-state index contributed by atoms with van der Waals surface area (Å²) in [5.41, 5.74) is 4.52. The fourth-order valence-electron chi connectivity index (χ4n) is 0.691. The normalized spacial score (nSPS) is 12.0. The lowest BCUT2D eigenvalue weighted by molar-refractivity contribution is 0.253. The Kier molecular flexibility index (Phi) is 3.09. The molecule has 0 spiro atoms. The van der Waals surface area contributed by atoms with E-state index in [1.165, 1.54) is 6.07 Å². The molecule has 0 aliphatic heterocycles. The number of hydrogen-bond acceptors (Lipinski definition) is 7. The number of carbonyl (C=O) groups is 1. The van der Waals surface area contributed by atoms with Gasteiger partial charge in [-0.05, 0) is 6.07 Å². The van der Waals surface area contributed by atoms with Crippen molar-refractivity contribution in [1.29, 1.82) is 0 Å². The lowest BCUT2D eigenvalue weighted by Crippen LogP contribution is -2.39. The smallest absolute Gasteiger partial charge is 0.350 e. The van der Waals surface area contributed by atoms with E-state index in [4.69, 9.17) is 0 Å². The molecule has 0 aliphatic carbocycles. The van der Waals surface area contributed by atoms with E-state index in [2.05, 4.69) is 15.7 Å². The Bertz CT molecular complexity index is 593. The number of nitrogens with zero attached hydrogens (tertiary/aromatic N) is 2. The van der Waals surface area contributed by atoms with Crippen LogP contribution in [0.1, 0.15) is 0 Å². The zero-order valence-electron chi connectivity index (χ0n) is 7.56. The van der Waals surface area contributed by atoms with Crippen LogP contribution in [0.25, 0.3) is 0 Å². The molecule has 1 aromatic rings. The van der Waals surface area contributed by atoms with Crippen LogP contribution < -0.4 is 10.5 Å². The molecule has 11 heteroatoms. The van der Waals surface area contributed by atoms with Gasteiger partial charge < -0.3 is 5.73 Å². The van der Waals surface area contributed by atoms with Gasteiger partial charge in [-0.15, -0.1) is 0 Å². The highest BCUT2D eigenvalue weighted by Crippen LogP contribution is 2.09. The molecule has 0 saturated heterocycles. The van der Waals surface area contributed by atoms with E-state index in [1.807, 2.05) is 0 Å². The fraction of sp³-hybridized carbons (Fsp3) is 0. The molecule has 0 fully saturated rings. The van der Waals surface area contributed by atoms with Gasteiger partial charge in [-0.2, -0.15) is 8.42 Å². The van der Waals surface area contributed by atoms with Crippen LogP contribution in [-0.2, 0) is 17.9 Å². The average Bonchev–Trinajstić information content (AvgIpc) is 2.17. The first kappa shape index (κ1) is 12.3. The molecular weight excluding hydrogens is 260 g/mol. The van der Waals surface area contributed by atoms with Gasteiger partial charge in [0, 0.05) is 12.4 Å². The Morgan fingerprint density at radius 1 is 1.19 bits per heavy atom. The molecule has 3 N–H and O–H groups in total. The maximum absolute atomic E-state index is 11.4. The van der Waals surface area contributed by atoms with E-state index >= 15 is 0 Å². The minimum Gasteiger partial charge on any atom is -0.351 e. The molecule has 1 rings (SSSR count). The number of urea groups is 1. The van der Waals surface area contributed by atoms with E-state index in [9.17, 15) is 21.6 Å². The van der Waals surface area contributed by atoms with Gasteiger partial charge in [0.05, 0.1) is 0 Å².